The topological polar surface area (TPSA) is 38.8 Å². The van der Waals surface area contributed by atoms with Crippen LogP contribution in [0.2, 0.25) is 0 Å². The normalized spacial score (nSPS) is 14.4. The Morgan fingerprint density at radius 3 is 2.50 bits per heavy atom. The quantitative estimate of drug-likeness (QED) is 0.531. The van der Waals surface area contributed by atoms with Crippen molar-refractivity contribution in [3.8, 4) is 5.75 Å². The van der Waals surface area contributed by atoms with E-state index in [0.29, 0.717) is 5.75 Å². The highest BCUT2D eigenvalue weighted by Gasteiger charge is 2.22. The molecule has 4 nitrogen and oxygen atoms in total. The van der Waals surface area contributed by atoms with Crippen LogP contribution in [-0.4, -0.2) is 24.1 Å². The molecular weight excluding hydrogens is 182 g/mol. The minimum absolute atomic E-state index is 0.417. The zero-order chi connectivity index (χ0) is 9.80. The molecule has 2 rings (SSSR count). The number of likely N-dealkylation sites (tertiary alicyclic amines) is 1. The lowest BCUT2D eigenvalue weighted by Crippen LogP contribution is -2.42. The Morgan fingerprint density at radius 1 is 1.21 bits per heavy atom. The van der Waals surface area contributed by atoms with Crippen LogP contribution in [0.15, 0.2) is 30.3 Å². The van der Waals surface area contributed by atoms with Crippen LogP contribution < -0.4 is 4.89 Å². The van der Waals surface area contributed by atoms with E-state index in [9.17, 15) is 4.79 Å². The van der Waals surface area contributed by atoms with Gasteiger partial charge < -0.3 is 4.90 Å². The van der Waals surface area contributed by atoms with Gasteiger partial charge in [-0.15, -0.1) is 0 Å². The lowest BCUT2D eigenvalue weighted by atomic mass is 10.2. The van der Waals surface area contributed by atoms with Gasteiger partial charge in [0.15, 0.2) is 5.75 Å². The third-order valence-corrected chi connectivity index (χ3v) is 2.07. The first-order valence-electron chi connectivity index (χ1n) is 4.55. The Kier molecular flexibility index (Phi) is 2.53. The van der Waals surface area contributed by atoms with E-state index >= 15 is 0 Å². The molecule has 0 radical (unpaired) electrons. The van der Waals surface area contributed by atoms with Crippen molar-refractivity contribution in [2.75, 3.05) is 13.1 Å². The summed E-state index contributed by atoms with van der Waals surface area (Å²) in [7, 11) is 0. The average molecular weight is 193 g/mol. The molecule has 1 aromatic rings. The first kappa shape index (κ1) is 8.87. The van der Waals surface area contributed by atoms with Crippen molar-refractivity contribution in [2.24, 2.45) is 0 Å². The molecule has 1 amide bonds. The van der Waals surface area contributed by atoms with Crippen LogP contribution in [0.3, 0.4) is 0 Å². The molecule has 1 heterocycles. The van der Waals surface area contributed by atoms with Gasteiger partial charge in [0, 0.05) is 13.1 Å². The highest BCUT2D eigenvalue weighted by molar-refractivity contribution is 5.67. The van der Waals surface area contributed by atoms with Crippen LogP contribution in [0.1, 0.15) is 6.42 Å². The van der Waals surface area contributed by atoms with Crippen LogP contribution >= 0.6 is 0 Å². The fraction of sp³-hybridized carbons (Fsp3) is 0.300. The number of benzene rings is 1. The maximum Gasteiger partial charge on any atom is 0.452 e. The van der Waals surface area contributed by atoms with Crippen molar-refractivity contribution >= 4 is 6.09 Å². The van der Waals surface area contributed by atoms with Crippen LogP contribution in [0, 0.1) is 0 Å². The molecule has 0 aromatic heterocycles. The zero-order valence-electron chi connectivity index (χ0n) is 7.68. The van der Waals surface area contributed by atoms with Crippen molar-refractivity contribution in [2.45, 2.75) is 6.42 Å². The summed E-state index contributed by atoms with van der Waals surface area (Å²) in [5, 5.41) is 0. The van der Waals surface area contributed by atoms with E-state index in [1.807, 2.05) is 18.2 Å². The molecule has 74 valence electrons. The second kappa shape index (κ2) is 4.00. The highest BCUT2D eigenvalue weighted by atomic mass is 17.2. The van der Waals surface area contributed by atoms with E-state index in [1.165, 1.54) is 0 Å². The smallest absolute Gasteiger partial charge is 0.305 e. The molecule has 0 bridgehead atoms. The van der Waals surface area contributed by atoms with E-state index in [1.54, 1.807) is 17.0 Å². The van der Waals surface area contributed by atoms with Gasteiger partial charge in [0.2, 0.25) is 0 Å². The van der Waals surface area contributed by atoms with Crippen LogP contribution in [-0.2, 0) is 4.89 Å². The number of nitrogens with zero attached hydrogens (tertiary/aromatic N) is 1. The van der Waals surface area contributed by atoms with Crippen LogP contribution in [0.5, 0.6) is 5.75 Å². The van der Waals surface area contributed by atoms with Gasteiger partial charge in [-0.3, -0.25) is 4.89 Å². The standard InChI is InChI=1S/C10H11NO3/c12-10(11-7-4-8-11)14-13-9-5-2-1-3-6-9/h1-3,5-6H,4,7-8H2. The summed E-state index contributed by atoms with van der Waals surface area (Å²) >= 11 is 0. The minimum Gasteiger partial charge on any atom is -0.305 e. The molecule has 1 fully saturated rings. The molecule has 1 aliphatic rings. The summed E-state index contributed by atoms with van der Waals surface area (Å²) in [5.41, 5.74) is 0. The predicted molar refractivity (Wildman–Crippen MR) is 49.7 cm³/mol. The number of para-hydroxylation sites is 1. The van der Waals surface area contributed by atoms with Gasteiger partial charge in [-0.2, -0.15) is 0 Å². The molecule has 1 saturated heterocycles. The van der Waals surface area contributed by atoms with Crippen molar-refractivity contribution in [3.05, 3.63) is 30.3 Å². The number of hydrogen-bond donors (Lipinski definition) is 0. The Labute approximate surface area is 82.0 Å². The maximum absolute atomic E-state index is 11.2. The molecule has 1 aromatic carbocycles. The van der Waals surface area contributed by atoms with Gasteiger partial charge in [-0.1, -0.05) is 18.2 Å². The molecular formula is C10H11NO3. The molecule has 14 heavy (non-hydrogen) atoms. The Balaban J connectivity index is 1.79. The highest BCUT2D eigenvalue weighted by Crippen LogP contribution is 2.11. The van der Waals surface area contributed by atoms with Gasteiger partial charge in [-0.25, -0.2) is 9.68 Å². The molecule has 0 atom stereocenters. The Morgan fingerprint density at radius 2 is 1.93 bits per heavy atom. The molecule has 0 aliphatic carbocycles. The first-order valence-corrected chi connectivity index (χ1v) is 4.55. The molecule has 1 aliphatic heterocycles. The van der Waals surface area contributed by atoms with Crippen molar-refractivity contribution < 1.29 is 14.6 Å². The fourth-order valence-corrected chi connectivity index (χ4v) is 1.11. The minimum atomic E-state index is -0.417. The number of carbonyl (C=O) groups is 1. The van der Waals surface area contributed by atoms with E-state index in [-0.39, 0.29) is 0 Å². The van der Waals surface area contributed by atoms with Crippen molar-refractivity contribution in [1.29, 1.82) is 0 Å². The maximum atomic E-state index is 11.2. The fourth-order valence-electron chi connectivity index (χ4n) is 1.11. The predicted octanol–water partition coefficient (Wildman–Crippen LogP) is 1.82. The van der Waals surface area contributed by atoms with Crippen molar-refractivity contribution in [3.63, 3.8) is 0 Å². The van der Waals surface area contributed by atoms with Gasteiger partial charge in [0.25, 0.3) is 0 Å². The number of carbonyl (C=O) groups excluding carboxylic acids is 1. The first-order chi connectivity index (χ1) is 6.86. The Bertz CT molecular complexity index is 308. The summed E-state index contributed by atoms with van der Waals surface area (Å²) in [4.78, 5) is 22.2. The third-order valence-electron chi connectivity index (χ3n) is 2.07. The SMILES string of the molecule is O=C(OOc1ccccc1)N1CCC1. The Hall–Kier alpha value is -1.71. The van der Waals surface area contributed by atoms with E-state index in [0.717, 1.165) is 19.5 Å². The summed E-state index contributed by atoms with van der Waals surface area (Å²) in [6.45, 7) is 1.52. The largest absolute Gasteiger partial charge is 0.452 e. The second-order valence-electron chi connectivity index (χ2n) is 3.09. The molecule has 0 spiro atoms. The van der Waals surface area contributed by atoms with E-state index in [2.05, 4.69) is 4.89 Å². The molecule has 4 heteroatoms. The zero-order valence-corrected chi connectivity index (χ0v) is 7.68. The number of rotatable bonds is 2. The molecule has 0 N–H and O–H groups in total. The van der Waals surface area contributed by atoms with Crippen LogP contribution in [0.4, 0.5) is 4.79 Å². The number of hydrogen-bond acceptors (Lipinski definition) is 3. The lowest BCUT2D eigenvalue weighted by molar-refractivity contribution is -0.157. The summed E-state index contributed by atoms with van der Waals surface area (Å²) < 4.78 is 0. The molecule has 0 saturated carbocycles. The van der Waals surface area contributed by atoms with Gasteiger partial charge in [0.1, 0.15) is 0 Å². The summed E-state index contributed by atoms with van der Waals surface area (Å²) in [6, 6.07) is 8.94. The average Bonchev–Trinajstić information content (AvgIpc) is 2.14. The summed E-state index contributed by atoms with van der Waals surface area (Å²) in [6.07, 6.45) is 0.626. The van der Waals surface area contributed by atoms with E-state index in [4.69, 9.17) is 4.89 Å². The summed E-state index contributed by atoms with van der Waals surface area (Å²) in [5.74, 6) is 0.529. The van der Waals surface area contributed by atoms with Gasteiger partial charge >= 0.3 is 6.09 Å². The van der Waals surface area contributed by atoms with E-state index < -0.39 is 6.09 Å². The second-order valence-corrected chi connectivity index (χ2v) is 3.09. The van der Waals surface area contributed by atoms with Gasteiger partial charge in [0.05, 0.1) is 0 Å². The molecule has 0 unspecified atom stereocenters. The third kappa shape index (κ3) is 1.96. The van der Waals surface area contributed by atoms with Crippen molar-refractivity contribution in [1.82, 2.24) is 4.90 Å². The lowest BCUT2D eigenvalue weighted by Gasteiger charge is -2.28. The monoisotopic (exact) mass is 193 g/mol. The number of amides is 1. The van der Waals surface area contributed by atoms with Crippen LogP contribution in [0.25, 0.3) is 0 Å². The van der Waals surface area contributed by atoms with Gasteiger partial charge in [-0.05, 0) is 18.6 Å².